The Hall–Kier alpha value is -2.47. The first-order valence-electron chi connectivity index (χ1n) is 12.4. The van der Waals surface area contributed by atoms with Gasteiger partial charge in [-0.3, -0.25) is 0 Å². The van der Waals surface area contributed by atoms with E-state index >= 15 is 0 Å². The van der Waals surface area contributed by atoms with Crippen molar-refractivity contribution in [2.75, 3.05) is 5.75 Å². The Kier molecular flexibility index (Phi) is 10.6. The SMILES string of the molecule is CCCCCCCCCCCS(=O)(=NCc1cn(Cc2ccccc2)nn1)c1ccccc1. The number of aromatic nitrogens is 3. The van der Waals surface area contributed by atoms with E-state index in [1.54, 1.807) is 0 Å². The van der Waals surface area contributed by atoms with Crippen LogP contribution in [0.25, 0.3) is 0 Å². The molecule has 1 heterocycles. The third-order valence-corrected chi connectivity index (χ3v) is 8.24. The predicted octanol–water partition coefficient (Wildman–Crippen LogP) is 6.88. The second kappa shape index (κ2) is 13.9. The van der Waals surface area contributed by atoms with Crippen molar-refractivity contribution in [2.24, 2.45) is 4.36 Å². The largest absolute Gasteiger partial charge is 0.248 e. The maximum atomic E-state index is 13.8. The molecule has 1 aromatic heterocycles. The Balaban J connectivity index is 1.56. The van der Waals surface area contributed by atoms with Crippen LogP contribution >= 0.6 is 0 Å². The maximum Gasteiger partial charge on any atom is 0.105 e. The molecule has 33 heavy (non-hydrogen) atoms. The Labute approximate surface area is 199 Å². The molecule has 2 aromatic carbocycles. The highest BCUT2D eigenvalue weighted by molar-refractivity contribution is 7.93. The second-order valence-corrected chi connectivity index (χ2v) is 11.1. The summed E-state index contributed by atoms with van der Waals surface area (Å²) in [4.78, 5) is 0.821. The number of unbranched alkanes of at least 4 members (excludes halogenated alkanes) is 8. The molecule has 3 aromatic rings. The van der Waals surface area contributed by atoms with Crippen LogP contribution in [0.4, 0.5) is 0 Å². The van der Waals surface area contributed by atoms with Gasteiger partial charge >= 0.3 is 0 Å². The van der Waals surface area contributed by atoms with Crippen molar-refractivity contribution in [3.05, 3.63) is 78.1 Å². The minimum Gasteiger partial charge on any atom is -0.248 e. The summed E-state index contributed by atoms with van der Waals surface area (Å²) < 4.78 is 20.4. The van der Waals surface area contributed by atoms with E-state index < -0.39 is 9.73 Å². The maximum absolute atomic E-state index is 13.8. The molecule has 0 N–H and O–H groups in total. The zero-order chi connectivity index (χ0) is 23.2. The second-order valence-electron chi connectivity index (χ2n) is 8.67. The van der Waals surface area contributed by atoms with Crippen LogP contribution in [0, 0.1) is 0 Å². The molecule has 0 aliphatic heterocycles. The smallest absolute Gasteiger partial charge is 0.105 e. The first-order valence-corrected chi connectivity index (χ1v) is 14.1. The van der Waals surface area contributed by atoms with Gasteiger partial charge in [0, 0.05) is 10.6 Å². The van der Waals surface area contributed by atoms with Crippen molar-refractivity contribution in [3.63, 3.8) is 0 Å². The van der Waals surface area contributed by atoms with Crippen molar-refractivity contribution in [2.45, 2.75) is 82.7 Å². The van der Waals surface area contributed by atoms with Gasteiger partial charge in [-0.2, -0.15) is 0 Å². The monoisotopic (exact) mass is 466 g/mol. The van der Waals surface area contributed by atoms with E-state index in [4.69, 9.17) is 4.36 Å². The summed E-state index contributed by atoms with van der Waals surface area (Å²) >= 11 is 0. The van der Waals surface area contributed by atoms with Gasteiger partial charge in [0.2, 0.25) is 0 Å². The summed E-state index contributed by atoms with van der Waals surface area (Å²) in [6.45, 7) is 3.24. The molecule has 3 rings (SSSR count). The van der Waals surface area contributed by atoms with E-state index in [0.717, 1.165) is 23.4 Å². The van der Waals surface area contributed by atoms with Crippen molar-refractivity contribution in [1.29, 1.82) is 0 Å². The van der Waals surface area contributed by atoms with Crippen LogP contribution in [0.3, 0.4) is 0 Å². The molecule has 5 nitrogen and oxygen atoms in total. The normalized spacial score (nSPS) is 13.0. The highest BCUT2D eigenvalue weighted by Crippen LogP contribution is 2.18. The van der Waals surface area contributed by atoms with E-state index in [0.29, 0.717) is 18.8 Å². The lowest BCUT2D eigenvalue weighted by molar-refractivity contribution is 0.571. The lowest BCUT2D eigenvalue weighted by Crippen LogP contribution is -2.08. The van der Waals surface area contributed by atoms with Gasteiger partial charge in [0.25, 0.3) is 0 Å². The van der Waals surface area contributed by atoms with E-state index in [-0.39, 0.29) is 0 Å². The van der Waals surface area contributed by atoms with Gasteiger partial charge in [-0.25, -0.2) is 13.3 Å². The van der Waals surface area contributed by atoms with Crippen molar-refractivity contribution in [3.8, 4) is 0 Å². The van der Waals surface area contributed by atoms with E-state index in [9.17, 15) is 4.21 Å². The molecule has 6 heteroatoms. The van der Waals surface area contributed by atoms with E-state index in [1.807, 2.05) is 59.4 Å². The molecule has 178 valence electrons. The minimum atomic E-state index is -2.47. The van der Waals surface area contributed by atoms with Gasteiger partial charge < -0.3 is 0 Å². The Bertz CT molecular complexity index is 1040. The Morgan fingerprint density at radius 3 is 2.09 bits per heavy atom. The first kappa shape index (κ1) is 25.2. The number of benzene rings is 2. The Morgan fingerprint density at radius 1 is 0.818 bits per heavy atom. The average molecular weight is 467 g/mol. The van der Waals surface area contributed by atoms with Crippen molar-refractivity contribution < 1.29 is 4.21 Å². The standard InChI is InChI=1S/C27H38N4OS/c1-2-3-4-5-6-7-8-9-16-21-33(32,27-19-14-11-15-20-27)28-22-26-24-31(30-29-26)23-25-17-12-10-13-18-25/h10-15,17-20,24H,2-9,16,21-23H2,1H3. The molecule has 0 radical (unpaired) electrons. The van der Waals surface area contributed by atoms with E-state index in [1.165, 1.54) is 50.5 Å². The highest BCUT2D eigenvalue weighted by atomic mass is 32.2. The number of nitrogens with zero attached hydrogens (tertiary/aromatic N) is 4. The van der Waals surface area contributed by atoms with Crippen LogP contribution < -0.4 is 0 Å². The topological polar surface area (TPSA) is 60.1 Å². The third kappa shape index (κ3) is 8.77. The van der Waals surface area contributed by atoms with Gasteiger partial charge in [-0.1, -0.05) is 112 Å². The lowest BCUT2D eigenvalue weighted by Gasteiger charge is -2.10. The summed E-state index contributed by atoms with van der Waals surface area (Å²) in [5.41, 5.74) is 1.92. The van der Waals surface area contributed by atoms with E-state index in [2.05, 4.69) is 29.4 Å². The summed E-state index contributed by atoms with van der Waals surface area (Å²) in [5.74, 6) is 0.602. The number of hydrogen-bond acceptors (Lipinski definition) is 4. The van der Waals surface area contributed by atoms with Crippen LogP contribution in [0.1, 0.15) is 76.0 Å². The lowest BCUT2D eigenvalue weighted by atomic mass is 10.1. The van der Waals surface area contributed by atoms with Crippen molar-refractivity contribution >= 4 is 9.73 Å². The molecule has 0 fully saturated rings. The predicted molar refractivity (Wildman–Crippen MR) is 137 cm³/mol. The van der Waals surface area contributed by atoms with Gasteiger partial charge in [-0.05, 0) is 24.1 Å². The molecule has 0 spiro atoms. The Morgan fingerprint density at radius 2 is 1.42 bits per heavy atom. The number of hydrogen-bond donors (Lipinski definition) is 0. The molecule has 0 saturated carbocycles. The first-order chi connectivity index (χ1) is 16.2. The van der Waals surface area contributed by atoms with Gasteiger partial charge in [0.1, 0.15) is 5.69 Å². The molecule has 0 saturated heterocycles. The number of rotatable bonds is 15. The van der Waals surface area contributed by atoms with Crippen LogP contribution in [-0.2, 0) is 22.8 Å². The minimum absolute atomic E-state index is 0.319. The van der Waals surface area contributed by atoms with Gasteiger partial charge in [0.05, 0.1) is 29.0 Å². The summed E-state index contributed by atoms with van der Waals surface area (Å²) in [7, 11) is -2.47. The van der Waals surface area contributed by atoms with Gasteiger partial charge in [0.15, 0.2) is 0 Å². The zero-order valence-corrected chi connectivity index (χ0v) is 20.8. The van der Waals surface area contributed by atoms with Crippen LogP contribution in [0.15, 0.2) is 76.1 Å². The quantitative estimate of drug-likeness (QED) is 0.229. The average Bonchev–Trinajstić information content (AvgIpc) is 3.30. The highest BCUT2D eigenvalue weighted by Gasteiger charge is 2.13. The molecule has 0 aliphatic rings. The van der Waals surface area contributed by atoms with Crippen LogP contribution in [-0.4, -0.2) is 25.0 Å². The molecule has 0 aliphatic carbocycles. The summed E-state index contributed by atoms with van der Waals surface area (Å²) in [6, 6.07) is 19.9. The van der Waals surface area contributed by atoms with Gasteiger partial charge in [-0.15, -0.1) is 5.10 Å². The fourth-order valence-electron chi connectivity index (χ4n) is 3.93. The zero-order valence-electron chi connectivity index (χ0n) is 19.9. The van der Waals surface area contributed by atoms with Crippen LogP contribution in [0.5, 0.6) is 0 Å². The molecular weight excluding hydrogens is 428 g/mol. The summed E-state index contributed by atoms with van der Waals surface area (Å²) in [6.07, 6.45) is 13.1. The fourth-order valence-corrected chi connectivity index (χ4v) is 5.96. The molecule has 0 bridgehead atoms. The summed E-state index contributed by atoms with van der Waals surface area (Å²) in [5, 5.41) is 8.48. The molecule has 0 amide bonds. The molecule has 1 atom stereocenters. The fraction of sp³-hybridized carbons (Fsp3) is 0.481. The molecule has 1 unspecified atom stereocenters. The third-order valence-electron chi connectivity index (χ3n) is 5.84. The van der Waals surface area contributed by atoms with Crippen molar-refractivity contribution in [1.82, 2.24) is 15.0 Å². The van der Waals surface area contributed by atoms with Crippen LogP contribution in [0.2, 0.25) is 0 Å². The molecular formula is C27H38N4OS.